The molecule has 0 unspecified atom stereocenters. The number of isocyanates is 1. The Morgan fingerprint density at radius 2 is 2.19 bits per heavy atom. The van der Waals surface area contributed by atoms with Gasteiger partial charge in [-0.2, -0.15) is 4.99 Å². The molecule has 3 nitrogen and oxygen atoms in total. The van der Waals surface area contributed by atoms with Crippen LogP contribution in [0.5, 0.6) is 5.75 Å². The number of halogens is 1. The molecule has 4 heteroatoms. The third-order valence-electron chi connectivity index (χ3n) is 2.98. The first-order valence-corrected chi connectivity index (χ1v) is 5.07. The third kappa shape index (κ3) is 1.51. The van der Waals surface area contributed by atoms with Crippen LogP contribution >= 0.6 is 0 Å². The van der Waals surface area contributed by atoms with Crippen molar-refractivity contribution < 1.29 is 13.9 Å². The number of carbonyl (C=O) groups excluding carboxylic acids is 1. The summed E-state index contributed by atoms with van der Waals surface area (Å²) in [5.41, 5.74) is 0.565. The molecule has 0 spiro atoms. The van der Waals surface area contributed by atoms with Gasteiger partial charge in [-0.3, -0.25) is 0 Å². The molecule has 16 heavy (non-hydrogen) atoms. The van der Waals surface area contributed by atoms with E-state index in [0.717, 1.165) is 12.8 Å². The van der Waals surface area contributed by atoms with Gasteiger partial charge < -0.3 is 4.74 Å². The number of methoxy groups -OCH3 is 1. The van der Waals surface area contributed by atoms with Crippen molar-refractivity contribution in [3.63, 3.8) is 0 Å². The molecule has 1 aromatic carbocycles. The molecule has 1 aromatic rings. The predicted octanol–water partition coefficient (Wildman–Crippen LogP) is 2.47. The zero-order chi connectivity index (χ0) is 11.8. The first-order chi connectivity index (χ1) is 7.64. The van der Waals surface area contributed by atoms with Crippen molar-refractivity contribution in [2.24, 2.45) is 4.99 Å². The molecular weight excluding hydrogens is 209 g/mol. The summed E-state index contributed by atoms with van der Waals surface area (Å²) in [7, 11) is 1.42. The van der Waals surface area contributed by atoms with Crippen LogP contribution in [0.2, 0.25) is 0 Å². The van der Waals surface area contributed by atoms with Gasteiger partial charge in [-0.15, -0.1) is 0 Å². The Morgan fingerprint density at radius 1 is 1.50 bits per heavy atom. The van der Waals surface area contributed by atoms with Crippen molar-refractivity contribution >= 4 is 6.08 Å². The lowest BCUT2D eigenvalue weighted by Crippen LogP contribution is -2.07. The van der Waals surface area contributed by atoms with Gasteiger partial charge >= 0.3 is 0 Å². The van der Waals surface area contributed by atoms with Crippen molar-refractivity contribution in [2.45, 2.75) is 25.3 Å². The van der Waals surface area contributed by atoms with Crippen molar-refractivity contribution in [3.05, 3.63) is 29.1 Å². The highest BCUT2D eigenvalue weighted by Crippen LogP contribution is 2.52. The smallest absolute Gasteiger partial charge is 0.235 e. The number of aliphatic imine (C=N–C) groups is 1. The number of rotatable bonds is 3. The molecule has 1 aliphatic carbocycles. The maximum atomic E-state index is 13.8. The highest BCUT2D eigenvalue weighted by Gasteiger charge is 2.47. The van der Waals surface area contributed by atoms with Gasteiger partial charge in [0.1, 0.15) is 5.54 Å². The van der Waals surface area contributed by atoms with E-state index in [1.54, 1.807) is 25.1 Å². The molecule has 0 bridgehead atoms. The molecule has 0 atom stereocenters. The van der Waals surface area contributed by atoms with E-state index < -0.39 is 5.54 Å². The molecule has 1 fully saturated rings. The summed E-state index contributed by atoms with van der Waals surface area (Å²) in [6, 6.07) is 3.44. The minimum atomic E-state index is -0.596. The van der Waals surface area contributed by atoms with Crippen LogP contribution in [0.4, 0.5) is 4.39 Å². The Balaban J connectivity index is 2.57. The summed E-state index contributed by atoms with van der Waals surface area (Å²) < 4.78 is 18.9. The fourth-order valence-corrected chi connectivity index (χ4v) is 1.87. The monoisotopic (exact) mass is 221 g/mol. The van der Waals surface area contributed by atoms with Crippen LogP contribution in [0.1, 0.15) is 24.0 Å². The van der Waals surface area contributed by atoms with Crippen LogP contribution in [-0.4, -0.2) is 13.2 Å². The quantitative estimate of drug-likeness (QED) is 0.581. The number of hydrogen-bond acceptors (Lipinski definition) is 3. The standard InChI is InChI=1S/C12H12FNO2/c1-8-3-4-9(11(16-2)10(8)13)12(5-6-12)14-7-15/h3-4H,5-6H2,1-2H3. The first kappa shape index (κ1) is 10.8. The van der Waals surface area contributed by atoms with E-state index in [1.165, 1.54) is 7.11 Å². The molecule has 84 valence electrons. The fourth-order valence-electron chi connectivity index (χ4n) is 1.87. The fraction of sp³-hybridized carbons (Fsp3) is 0.417. The second-order valence-electron chi connectivity index (χ2n) is 4.01. The van der Waals surface area contributed by atoms with Crippen molar-refractivity contribution in [1.82, 2.24) is 0 Å². The van der Waals surface area contributed by atoms with Crippen molar-refractivity contribution in [2.75, 3.05) is 7.11 Å². The maximum Gasteiger partial charge on any atom is 0.235 e. The Hall–Kier alpha value is -1.67. The van der Waals surface area contributed by atoms with Gasteiger partial charge in [0.2, 0.25) is 6.08 Å². The summed E-state index contributed by atoms with van der Waals surface area (Å²) >= 11 is 0. The summed E-state index contributed by atoms with van der Waals surface area (Å²) in [5, 5.41) is 0. The SMILES string of the molecule is COc1c(C2(N=C=O)CC2)ccc(C)c1F. The van der Waals surface area contributed by atoms with Crippen molar-refractivity contribution in [1.29, 1.82) is 0 Å². The lowest BCUT2D eigenvalue weighted by Gasteiger charge is -2.15. The van der Waals surface area contributed by atoms with Gasteiger partial charge in [-0.25, -0.2) is 9.18 Å². The Bertz CT molecular complexity index is 474. The van der Waals surface area contributed by atoms with E-state index in [4.69, 9.17) is 4.74 Å². The van der Waals surface area contributed by atoms with Crippen LogP contribution in [-0.2, 0) is 10.3 Å². The number of aryl methyl sites for hydroxylation is 1. The highest BCUT2D eigenvalue weighted by molar-refractivity contribution is 5.49. The second kappa shape index (κ2) is 3.72. The zero-order valence-electron chi connectivity index (χ0n) is 9.21. The highest BCUT2D eigenvalue weighted by atomic mass is 19.1. The number of benzene rings is 1. The van der Waals surface area contributed by atoms with Crippen LogP contribution < -0.4 is 4.74 Å². The Kier molecular flexibility index (Phi) is 2.52. The van der Waals surface area contributed by atoms with Crippen LogP contribution in [0.15, 0.2) is 17.1 Å². The average molecular weight is 221 g/mol. The molecule has 1 aliphatic rings. The number of ether oxygens (including phenoxy) is 1. The van der Waals surface area contributed by atoms with Gasteiger partial charge in [0.05, 0.1) is 7.11 Å². The zero-order valence-corrected chi connectivity index (χ0v) is 9.21. The molecule has 0 amide bonds. The normalized spacial score (nSPS) is 16.4. The van der Waals surface area contributed by atoms with E-state index in [2.05, 4.69) is 4.99 Å². The largest absolute Gasteiger partial charge is 0.493 e. The van der Waals surface area contributed by atoms with Gasteiger partial charge in [0, 0.05) is 5.56 Å². The molecule has 2 rings (SSSR count). The molecule has 0 N–H and O–H groups in total. The molecule has 0 saturated heterocycles. The molecule has 0 radical (unpaired) electrons. The average Bonchev–Trinajstić information content (AvgIpc) is 3.03. The van der Waals surface area contributed by atoms with Crippen LogP contribution in [0, 0.1) is 12.7 Å². The summed E-state index contributed by atoms with van der Waals surface area (Å²) in [6.07, 6.45) is 3.03. The lowest BCUT2D eigenvalue weighted by molar-refractivity contribution is 0.375. The van der Waals surface area contributed by atoms with E-state index in [9.17, 15) is 9.18 Å². The molecule has 0 aliphatic heterocycles. The van der Waals surface area contributed by atoms with Gasteiger partial charge in [-0.1, -0.05) is 12.1 Å². The molecular formula is C12H12FNO2. The summed E-state index contributed by atoms with van der Waals surface area (Å²) in [5.74, 6) is -0.191. The maximum absolute atomic E-state index is 13.8. The lowest BCUT2D eigenvalue weighted by atomic mass is 10.0. The topological polar surface area (TPSA) is 38.7 Å². The minimum Gasteiger partial charge on any atom is -0.493 e. The van der Waals surface area contributed by atoms with Crippen LogP contribution in [0.25, 0.3) is 0 Å². The van der Waals surface area contributed by atoms with Gasteiger partial charge in [-0.05, 0) is 25.3 Å². The van der Waals surface area contributed by atoms with E-state index in [1.807, 2.05) is 0 Å². The minimum absolute atomic E-state index is 0.191. The van der Waals surface area contributed by atoms with E-state index >= 15 is 0 Å². The second-order valence-corrected chi connectivity index (χ2v) is 4.01. The molecule has 0 heterocycles. The summed E-state index contributed by atoms with van der Waals surface area (Å²) in [6.45, 7) is 1.67. The summed E-state index contributed by atoms with van der Waals surface area (Å²) in [4.78, 5) is 14.1. The third-order valence-corrected chi connectivity index (χ3v) is 2.98. The van der Waals surface area contributed by atoms with E-state index in [0.29, 0.717) is 11.1 Å². The van der Waals surface area contributed by atoms with E-state index in [-0.39, 0.29) is 11.6 Å². The number of hydrogen-bond donors (Lipinski definition) is 0. The number of nitrogens with zero attached hydrogens (tertiary/aromatic N) is 1. The Labute approximate surface area is 93.0 Å². The Morgan fingerprint density at radius 3 is 2.69 bits per heavy atom. The van der Waals surface area contributed by atoms with Crippen LogP contribution in [0.3, 0.4) is 0 Å². The van der Waals surface area contributed by atoms with Gasteiger partial charge in [0.25, 0.3) is 0 Å². The van der Waals surface area contributed by atoms with Crippen molar-refractivity contribution in [3.8, 4) is 5.75 Å². The van der Waals surface area contributed by atoms with Gasteiger partial charge in [0.15, 0.2) is 11.6 Å². The first-order valence-electron chi connectivity index (χ1n) is 5.07. The molecule has 0 aromatic heterocycles. The predicted molar refractivity (Wildman–Crippen MR) is 56.7 cm³/mol. The molecule has 1 saturated carbocycles.